The fourth-order valence-corrected chi connectivity index (χ4v) is 3.24. The Morgan fingerprint density at radius 3 is 2.43 bits per heavy atom. The molecular weight excluding hydrogens is 280 g/mol. The third-order valence-electron chi connectivity index (χ3n) is 4.85. The summed E-state index contributed by atoms with van der Waals surface area (Å²) in [4.78, 5) is 10.7. The van der Waals surface area contributed by atoms with Crippen LogP contribution in [0.2, 0.25) is 18.1 Å². The topological polar surface area (TPSA) is 35.5 Å². The molecule has 0 aromatic heterocycles. The molecule has 1 rings (SSSR count). The molecule has 0 aliphatic carbocycles. The van der Waals surface area contributed by atoms with Crippen LogP contribution in [-0.2, 0) is 14.0 Å². The second kappa shape index (κ2) is 6.76. The predicted octanol–water partition coefficient (Wildman–Crippen LogP) is 4.34. The average molecular weight is 313 g/mol. The van der Waals surface area contributed by atoms with Crippen LogP contribution in [0.5, 0.6) is 0 Å². The monoisotopic (exact) mass is 312 g/mol. The third kappa shape index (κ3) is 5.04. The van der Waals surface area contributed by atoms with E-state index in [0.717, 1.165) is 12.7 Å². The van der Waals surface area contributed by atoms with E-state index in [9.17, 15) is 4.79 Å². The van der Waals surface area contributed by atoms with Gasteiger partial charge in [-0.25, -0.2) is 0 Å². The smallest absolute Gasteiger partial charge is 0.192 e. The number of ether oxygens (including phenoxy) is 1. The molecule has 0 aromatic carbocycles. The van der Waals surface area contributed by atoms with Gasteiger partial charge in [-0.1, -0.05) is 46.8 Å². The van der Waals surface area contributed by atoms with Crippen molar-refractivity contribution in [1.82, 2.24) is 0 Å². The molecule has 0 aromatic rings. The van der Waals surface area contributed by atoms with Gasteiger partial charge in [-0.3, -0.25) is 0 Å². The summed E-state index contributed by atoms with van der Waals surface area (Å²) in [5.74, 6) is 0. The molecule has 1 heterocycles. The number of hydrogen-bond donors (Lipinski definition) is 0. The van der Waals surface area contributed by atoms with Crippen LogP contribution in [0.1, 0.15) is 47.5 Å². The Labute approximate surface area is 131 Å². The van der Waals surface area contributed by atoms with Crippen molar-refractivity contribution in [3.63, 3.8) is 0 Å². The molecule has 0 saturated heterocycles. The highest BCUT2D eigenvalue weighted by Crippen LogP contribution is 2.39. The molecule has 0 amide bonds. The summed E-state index contributed by atoms with van der Waals surface area (Å²) in [5, 5.41) is 0.219. The summed E-state index contributed by atoms with van der Waals surface area (Å²) in [7, 11) is -1.74. The minimum atomic E-state index is -1.74. The highest BCUT2D eigenvalue weighted by Gasteiger charge is 2.40. The van der Waals surface area contributed by atoms with Crippen molar-refractivity contribution < 1.29 is 14.0 Å². The zero-order chi connectivity index (χ0) is 16.3. The molecule has 0 unspecified atom stereocenters. The Bertz CT molecular complexity index is 380. The van der Waals surface area contributed by atoms with Crippen molar-refractivity contribution in [2.45, 2.75) is 77.8 Å². The number of carbonyl (C=O) groups excluding carboxylic acids is 1. The molecule has 122 valence electrons. The van der Waals surface area contributed by atoms with Gasteiger partial charge in [0.2, 0.25) is 0 Å². The van der Waals surface area contributed by atoms with Gasteiger partial charge < -0.3 is 14.0 Å². The first-order chi connectivity index (χ1) is 9.49. The first-order valence-electron chi connectivity index (χ1n) is 7.89. The van der Waals surface area contributed by atoms with Crippen molar-refractivity contribution in [2.75, 3.05) is 6.61 Å². The molecule has 4 heteroatoms. The fraction of sp³-hybridized carbons (Fsp3) is 0.824. The summed E-state index contributed by atoms with van der Waals surface area (Å²) in [6.07, 6.45) is 6.42. The molecule has 2 atom stereocenters. The molecule has 1 aliphatic rings. The van der Waals surface area contributed by atoms with E-state index in [-0.39, 0.29) is 22.7 Å². The van der Waals surface area contributed by atoms with Crippen LogP contribution in [0, 0.1) is 5.41 Å². The van der Waals surface area contributed by atoms with Gasteiger partial charge in [0.05, 0.1) is 12.2 Å². The summed E-state index contributed by atoms with van der Waals surface area (Å²) >= 11 is 0. The number of rotatable bonds is 6. The highest BCUT2D eigenvalue weighted by atomic mass is 28.4. The lowest BCUT2D eigenvalue weighted by molar-refractivity contribution is -0.114. The van der Waals surface area contributed by atoms with Gasteiger partial charge in [-0.2, -0.15) is 0 Å². The zero-order valence-electron chi connectivity index (χ0n) is 14.7. The van der Waals surface area contributed by atoms with E-state index in [1.54, 1.807) is 0 Å². The molecular formula is C17H32O3Si. The van der Waals surface area contributed by atoms with Crippen molar-refractivity contribution >= 4 is 14.6 Å². The molecule has 0 bridgehead atoms. The Morgan fingerprint density at radius 2 is 1.90 bits per heavy atom. The first kappa shape index (κ1) is 18.6. The van der Waals surface area contributed by atoms with Gasteiger partial charge >= 0.3 is 0 Å². The standard InChI is InChI=1S/C17H32O3Si/c1-16(2,3)21(6,7)19-13-17(4,5)15-10-8-9-14(20-15)11-12-18/h8-9,12,14-15H,10-11,13H2,1-7H3/t14-,15-/m0/s1. The average Bonchev–Trinajstić information content (AvgIpc) is 2.36. The summed E-state index contributed by atoms with van der Waals surface area (Å²) in [6, 6.07) is 0. The summed E-state index contributed by atoms with van der Waals surface area (Å²) in [6.45, 7) is 16.4. The summed E-state index contributed by atoms with van der Waals surface area (Å²) < 4.78 is 12.4. The Balaban J connectivity index is 2.65. The van der Waals surface area contributed by atoms with E-state index in [2.05, 4.69) is 53.8 Å². The molecule has 0 N–H and O–H groups in total. The van der Waals surface area contributed by atoms with Crippen LogP contribution >= 0.6 is 0 Å². The maximum atomic E-state index is 10.7. The van der Waals surface area contributed by atoms with Gasteiger partial charge in [0, 0.05) is 18.4 Å². The largest absolute Gasteiger partial charge is 0.416 e. The van der Waals surface area contributed by atoms with Crippen molar-refractivity contribution in [1.29, 1.82) is 0 Å². The van der Waals surface area contributed by atoms with Crippen molar-refractivity contribution in [2.24, 2.45) is 5.41 Å². The van der Waals surface area contributed by atoms with Gasteiger partial charge in [0.25, 0.3) is 0 Å². The molecule has 0 fully saturated rings. The minimum Gasteiger partial charge on any atom is -0.416 e. The molecule has 1 aliphatic heterocycles. The fourth-order valence-electron chi connectivity index (χ4n) is 2.07. The maximum absolute atomic E-state index is 10.7. The maximum Gasteiger partial charge on any atom is 0.192 e. The second-order valence-corrected chi connectivity index (χ2v) is 13.1. The Hall–Kier alpha value is -0.453. The van der Waals surface area contributed by atoms with Crippen LogP contribution in [-0.4, -0.2) is 33.4 Å². The van der Waals surface area contributed by atoms with E-state index in [4.69, 9.17) is 9.16 Å². The van der Waals surface area contributed by atoms with Crippen LogP contribution in [0.15, 0.2) is 12.2 Å². The zero-order valence-corrected chi connectivity index (χ0v) is 15.7. The van der Waals surface area contributed by atoms with Crippen molar-refractivity contribution in [3.8, 4) is 0 Å². The van der Waals surface area contributed by atoms with Crippen LogP contribution in [0.4, 0.5) is 0 Å². The molecule has 0 spiro atoms. The number of aldehydes is 1. The van der Waals surface area contributed by atoms with Gasteiger partial charge in [-0.15, -0.1) is 0 Å². The van der Waals surface area contributed by atoms with E-state index >= 15 is 0 Å². The third-order valence-corrected chi connectivity index (χ3v) is 9.33. The molecule has 0 saturated carbocycles. The van der Waals surface area contributed by atoms with E-state index in [0.29, 0.717) is 13.0 Å². The van der Waals surface area contributed by atoms with Crippen LogP contribution in [0.3, 0.4) is 0 Å². The van der Waals surface area contributed by atoms with E-state index in [1.807, 2.05) is 6.08 Å². The van der Waals surface area contributed by atoms with Crippen LogP contribution in [0.25, 0.3) is 0 Å². The lowest BCUT2D eigenvalue weighted by atomic mass is 9.84. The quantitative estimate of drug-likeness (QED) is 0.416. The number of hydrogen-bond acceptors (Lipinski definition) is 3. The summed E-state index contributed by atoms with van der Waals surface area (Å²) in [5.41, 5.74) is -0.0542. The van der Waals surface area contributed by atoms with Gasteiger partial charge in [-0.05, 0) is 24.6 Å². The van der Waals surface area contributed by atoms with Crippen LogP contribution < -0.4 is 0 Å². The Morgan fingerprint density at radius 1 is 1.29 bits per heavy atom. The molecule has 21 heavy (non-hydrogen) atoms. The lowest BCUT2D eigenvalue weighted by Crippen LogP contribution is -2.46. The SMILES string of the molecule is CC(C)(CO[Si](C)(C)C(C)(C)C)[C@@H]1CC=C[C@@H](CC=O)O1. The first-order valence-corrected chi connectivity index (χ1v) is 10.8. The van der Waals surface area contributed by atoms with E-state index in [1.165, 1.54) is 0 Å². The normalized spacial score (nSPS) is 24.1. The Kier molecular flexibility index (Phi) is 5.98. The number of carbonyl (C=O) groups is 1. The van der Waals surface area contributed by atoms with Gasteiger partial charge in [0.1, 0.15) is 6.29 Å². The lowest BCUT2D eigenvalue weighted by Gasteiger charge is -2.42. The van der Waals surface area contributed by atoms with Gasteiger partial charge in [0.15, 0.2) is 8.32 Å². The van der Waals surface area contributed by atoms with Crippen molar-refractivity contribution in [3.05, 3.63) is 12.2 Å². The predicted molar refractivity (Wildman–Crippen MR) is 90.0 cm³/mol. The highest BCUT2D eigenvalue weighted by molar-refractivity contribution is 6.74. The minimum absolute atomic E-state index is 0.0542. The molecule has 0 radical (unpaired) electrons. The second-order valence-electron chi connectivity index (χ2n) is 8.27. The van der Waals surface area contributed by atoms with E-state index < -0.39 is 8.32 Å². The molecule has 3 nitrogen and oxygen atoms in total.